The first-order valence-corrected chi connectivity index (χ1v) is 6.11. The summed E-state index contributed by atoms with van der Waals surface area (Å²) in [5.41, 5.74) is 4.26. The lowest BCUT2D eigenvalue weighted by Gasteiger charge is -2.18. The largest absolute Gasteiger partial charge is 0.416 e. The Kier molecular flexibility index (Phi) is 4.11. The molecule has 2 nitrogen and oxygen atoms in total. The monoisotopic (exact) mass is 280 g/mol. The van der Waals surface area contributed by atoms with E-state index in [4.69, 9.17) is 5.84 Å². The van der Waals surface area contributed by atoms with Gasteiger partial charge in [-0.2, -0.15) is 13.2 Å². The van der Waals surface area contributed by atoms with Crippen molar-refractivity contribution in [1.82, 2.24) is 5.43 Å². The van der Waals surface area contributed by atoms with Gasteiger partial charge in [0, 0.05) is 0 Å². The van der Waals surface area contributed by atoms with E-state index in [1.807, 2.05) is 31.2 Å². The number of benzene rings is 2. The molecule has 5 heteroatoms. The second-order valence-electron chi connectivity index (χ2n) is 4.63. The number of halogens is 3. The van der Waals surface area contributed by atoms with Crippen molar-refractivity contribution in [3.8, 4) is 0 Å². The van der Waals surface area contributed by atoms with Crippen molar-refractivity contribution in [2.24, 2.45) is 5.84 Å². The van der Waals surface area contributed by atoms with Crippen molar-refractivity contribution >= 4 is 0 Å². The molecule has 2 aromatic carbocycles. The van der Waals surface area contributed by atoms with Crippen molar-refractivity contribution in [3.63, 3.8) is 0 Å². The zero-order chi connectivity index (χ0) is 14.8. The summed E-state index contributed by atoms with van der Waals surface area (Å²) >= 11 is 0. The summed E-state index contributed by atoms with van der Waals surface area (Å²) in [6.45, 7) is 1.94. The summed E-state index contributed by atoms with van der Waals surface area (Å²) in [6.07, 6.45) is -4.36. The number of nitrogens with two attached hydrogens (primary N) is 1. The van der Waals surface area contributed by atoms with E-state index in [0.717, 1.165) is 23.3 Å². The summed E-state index contributed by atoms with van der Waals surface area (Å²) in [6, 6.07) is 12.2. The van der Waals surface area contributed by atoms with Crippen LogP contribution in [0.1, 0.15) is 28.3 Å². The summed E-state index contributed by atoms with van der Waals surface area (Å²) in [7, 11) is 0. The Morgan fingerprint density at radius 3 is 2.20 bits per heavy atom. The lowest BCUT2D eigenvalue weighted by atomic mass is 9.97. The van der Waals surface area contributed by atoms with Gasteiger partial charge in [-0.25, -0.2) is 5.43 Å². The van der Waals surface area contributed by atoms with E-state index in [9.17, 15) is 13.2 Å². The van der Waals surface area contributed by atoms with Gasteiger partial charge in [0.2, 0.25) is 0 Å². The van der Waals surface area contributed by atoms with Gasteiger partial charge in [-0.3, -0.25) is 5.84 Å². The third kappa shape index (κ3) is 3.18. The molecular weight excluding hydrogens is 265 g/mol. The Bertz CT molecular complexity index is 576. The quantitative estimate of drug-likeness (QED) is 0.666. The topological polar surface area (TPSA) is 38.0 Å². The van der Waals surface area contributed by atoms with Crippen LogP contribution in [-0.4, -0.2) is 0 Å². The maximum absolute atomic E-state index is 12.7. The van der Waals surface area contributed by atoms with Crippen molar-refractivity contribution in [3.05, 3.63) is 70.8 Å². The predicted octanol–water partition coefficient (Wildman–Crippen LogP) is 3.57. The van der Waals surface area contributed by atoms with Crippen LogP contribution in [0.2, 0.25) is 0 Å². The molecule has 0 amide bonds. The van der Waals surface area contributed by atoms with Crippen LogP contribution in [0.3, 0.4) is 0 Å². The van der Waals surface area contributed by atoms with Crippen LogP contribution in [0.5, 0.6) is 0 Å². The van der Waals surface area contributed by atoms with Crippen LogP contribution in [0.4, 0.5) is 13.2 Å². The second kappa shape index (κ2) is 5.64. The molecule has 0 radical (unpaired) electrons. The van der Waals surface area contributed by atoms with Gasteiger partial charge in [-0.05, 0) is 30.2 Å². The predicted molar refractivity (Wildman–Crippen MR) is 71.8 cm³/mol. The lowest BCUT2D eigenvalue weighted by Crippen LogP contribution is -2.29. The first-order valence-electron chi connectivity index (χ1n) is 6.11. The molecule has 0 aliphatic carbocycles. The molecular formula is C15H15F3N2. The first kappa shape index (κ1) is 14.6. The van der Waals surface area contributed by atoms with E-state index in [2.05, 4.69) is 5.43 Å². The second-order valence-corrected chi connectivity index (χ2v) is 4.63. The number of aryl methyl sites for hydroxylation is 1. The first-order chi connectivity index (χ1) is 9.41. The minimum atomic E-state index is -4.36. The molecule has 0 bridgehead atoms. The fraction of sp³-hybridized carbons (Fsp3) is 0.200. The van der Waals surface area contributed by atoms with E-state index in [0.29, 0.717) is 5.56 Å². The van der Waals surface area contributed by atoms with Gasteiger partial charge in [-0.1, -0.05) is 42.0 Å². The fourth-order valence-electron chi connectivity index (χ4n) is 2.04. The molecule has 0 heterocycles. The van der Waals surface area contributed by atoms with Crippen LogP contribution in [0.15, 0.2) is 48.5 Å². The Morgan fingerprint density at radius 2 is 1.65 bits per heavy atom. The smallest absolute Gasteiger partial charge is 0.271 e. The molecule has 2 aromatic rings. The third-order valence-electron chi connectivity index (χ3n) is 3.12. The van der Waals surface area contributed by atoms with Crippen molar-refractivity contribution in [2.75, 3.05) is 0 Å². The molecule has 0 saturated carbocycles. The lowest BCUT2D eigenvalue weighted by molar-refractivity contribution is -0.137. The number of hydrogen-bond donors (Lipinski definition) is 2. The molecule has 0 fully saturated rings. The molecule has 0 aliphatic heterocycles. The van der Waals surface area contributed by atoms with Crippen LogP contribution < -0.4 is 11.3 Å². The minimum Gasteiger partial charge on any atom is -0.271 e. The van der Waals surface area contributed by atoms with Crippen LogP contribution in [0.25, 0.3) is 0 Å². The Morgan fingerprint density at radius 1 is 1.00 bits per heavy atom. The highest BCUT2D eigenvalue weighted by Gasteiger charge is 2.31. The highest BCUT2D eigenvalue weighted by molar-refractivity contribution is 5.36. The highest BCUT2D eigenvalue weighted by Crippen LogP contribution is 2.32. The zero-order valence-corrected chi connectivity index (χ0v) is 10.9. The van der Waals surface area contributed by atoms with Gasteiger partial charge in [0.1, 0.15) is 0 Å². The number of alkyl halides is 3. The van der Waals surface area contributed by atoms with Crippen LogP contribution in [0, 0.1) is 6.92 Å². The van der Waals surface area contributed by atoms with E-state index >= 15 is 0 Å². The molecule has 0 saturated heterocycles. The van der Waals surface area contributed by atoms with Crippen LogP contribution in [-0.2, 0) is 6.18 Å². The number of hydrazine groups is 1. The van der Waals surface area contributed by atoms with Crippen molar-refractivity contribution < 1.29 is 13.2 Å². The van der Waals surface area contributed by atoms with Gasteiger partial charge in [0.25, 0.3) is 0 Å². The van der Waals surface area contributed by atoms with E-state index < -0.39 is 17.8 Å². The summed E-state index contributed by atoms with van der Waals surface area (Å²) in [5, 5.41) is 0. The highest BCUT2D eigenvalue weighted by atomic mass is 19.4. The van der Waals surface area contributed by atoms with Crippen molar-refractivity contribution in [2.45, 2.75) is 19.1 Å². The van der Waals surface area contributed by atoms with Gasteiger partial charge < -0.3 is 0 Å². The molecule has 20 heavy (non-hydrogen) atoms. The van der Waals surface area contributed by atoms with Crippen LogP contribution >= 0.6 is 0 Å². The molecule has 3 N–H and O–H groups in total. The molecule has 0 spiro atoms. The summed E-state index contributed by atoms with van der Waals surface area (Å²) in [4.78, 5) is 0. The maximum Gasteiger partial charge on any atom is 0.416 e. The molecule has 0 aromatic heterocycles. The number of nitrogens with one attached hydrogen (secondary N) is 1. The number of hydrogen-bond acceptors (Lipinski definition) is 2. The standard InChI is InChI=1S/C15H15F3N2/c1-10-5-7-11(8-6-10)14(20-19)12-3-2-4-13(9-12)15(16,17)18/h2-9,14,20H,19H2,1H3. The summed E-state index contributed by atoms with van der Waals surface area (Å²) < 4.78 is 38.2. The fourth-order valence-corrected chi connectivity index (χ4v) is 2.04. The SMILES string of the molecule is Cc1ccc(C(NN)c2cccc(C(F)(F)F)c2)cc1. The van der Waals surface area contributed by atoms with E-state index in [1.54, 1.807) is 6.07 Å². The molecule has 0 aliphatic rings. The summed E-state index contributed by atoms with van der Waals surface area (Å²) in [5.74, 6) is 5.50. The Hall–Kier alpha value is -1.85. The molecule has 2 rings (SSSR count). The minimum absolute atomic E-state index is 0.474. The normalized spacial score (nSPS) is 13.2. The number of rotatable bonds is 3. The van der Waals surface area contributed by atoms with E-state index in [-0.39, 0.29) is 0 Å². The zero-order valence-electron chi connectivity index (χ0n) is 10.9. The Balaban J connectivity index is 2.39. The average Bonchev–Trinajstić information content (AvgIpc) is 2.41. The van der Waals surface area contributed by atoms with Crippen molar-refractivity contribution in [1.29, 1.82) is 0 Å². The van der Waals surface area contributed by atoms with Gasteiger partial charge >= 0.3 is 6.18 Å². The third-order valence-corrected chi connectivity index (χ3v) is 3.12. The van der Waals surface area contributed by atoms with Gasteiger partial charge in [0.05, 0.1) is 11.6 Å². The van der Waals surface area contributed by atoms with Gasteiger partial charge in [0.15, 0.2) is 0 Å². The maximum atomic E-state index is 12.7. The molecule has 1 unspecified atom stereocenters. The Labute approximate surface area is 115 Å². The average molecular weight is 280 g/mol. The molecule has 1 atom stereocenters. The van der Waals surface area contributed by atoms with E-state index in [1.165, 1.54) is 6.07 Å². The van der Waals surface area contributed by atoms with Gasteiger partial charge in [-0.15, -0.1) is 0 Å². The molecule has 106 valence electrons.